The molecule has 0 aliphatic carbocycles. The van der Waals surface area contributed by atoms with Crippen molar-refractivity contribution in [2.24, 2.45) is 0 Å². The summed E-state index contributed by atoms with van der Waals surface area (Å²) in [5, 5.41) is 16.7. The summed E-state index contributed by atoms with van der Waals surface area (Å²) in [5.74, 6) is 0. The van der Waals surface area contributed by atoms with Crippen LogP contribution in [0.25, 0.3) is 0 Å². The van der Waals surface area contributed by atoms with Crippen LogP contribution in [0.2, 0.25) is 0 Å². The van der Waals surface area contributed by atoms with Gasteiger partial charge in [-0.15, -0.1) is 0 Å². The molecule has 0 aliphatic rings. The molecule has 0 fully saturated rings. The van der Waals surface area contributed by atoms with Crippen molar-refractivity contribution in [3.63, 3.8) is 0 Å². The molecule has 0 aromatic carbocycles. The second-order valence-corrected chi connectivity index (χ2v) is 0.250. The van der Waals surface area contributed by atoms with Crippen LogP contribution in [0, 0.1) is 0 Å². The third-order valence-corrected chi connectivity index (χ3v) is 0. The van der Waals surface area contributed by atoms with Crippen molar-refractivity contribution < 1.29 is 37.3 Å². The molecule has 0 aliphatic heterocycles. The van der Waals surface area contributed by atoms with Crippen LogP contribution in [0.4, 0.5) is 4.79 Å². The Labute approximate surface area is 50.4 Å². The van der Waals surface area contributed by atoms with Gasteiger partial charge in [-0.05, 0) is 6.16 Å². The third kappa shape index (κ3) is 845. The van der Waals surface area contributed by atoms with Crippen molar-refractivity contribution in [3.05, 3.63) is 0 Å². The first-order chi connectivity index (χ1) is 1.73. The summed E-state index contributed by atoms with van der Waals surface area (Å²) in [5.41, 5.74) is 0. The minimum absolute atomic E-state index is 0. The Bertz CT molecular complexity index is 34.7. The number of hydrogen-bond acceptors (Lipinski definition) is 3. The zero-order valence-electron chi connectivity index (χ0n) is 3.56. The van der Waals surface area contributed by atoms with E-state index >= 15 is 0 Å². The molecule has 5 nitrogen and oxygen atoms in total. The molecular weight excluding hydrogens is 149 g/mol. The van der Waals surface area contributed by atoms with Crippen molar-refractivity contribution in [3.8, 4) is 0 Å². The van der Waals surface area contributed by atoms with Crippen LogP contribution in [0.1, 0.15) is 0 Å². The Morgan fingerprint density at radius 2 is 1.29 bits per heavy atom. The third-order valence-electron chi connectivity index (χ3n) is 0. The number of rotatable bonds is 0. The monoisotopic (exact) mass is 155 g/mol. The maximum atomic E-state index is 8.33. The van der Waals surface area contributed by atoms with Crippen molar-refractivity contribution in [2.75, 3.05) is 0 Å². The molecule has 0 bridgehead atoms. The Morgan fingerprint density at radius 3 is 1.29 bits per heavy atom. The van der Waals surface area contributed by atoms with Gasteiger partial charge in [-0.3, -0.25) is 0 Å². The largest absolute Gasteiger partial charge is 0.652 e. The summed E-state index contributed by atoms with van der Waals surface area (Å²) >= 11 is 0. The zero-order valence-corrected chi connectivity index (χ0v) is 4.60. The maximum absolute atomic E-state index is 8.33. The second kappa shape index (κ2) is 17.3. The number of carboxylic acid groups (broad SMARTS) is 2. The topological polar surface area (TPSA) is 131 Å². The molecule has 0 heterocycles. The minimum Gasteiger partial charge on any atom is -0.652 e. The molecule has 6 N–H and O–H groups in total. The predicted molar refractivity (Wildman–Crippen MR) is 15.0 cm³/mol. The molecule has 1 radical (unpaired) electrons. The Balaban J connectivity index is -0.0000000150. The molecule has 0 saturated carbocycles. The van der Waals surface area contributed by atoms with Gasteiger partial charge < -0.3 is 26.6 Å². The Kier molecular flexibility index (Phi) is 73.8. The molecule has 0 aromatic heterocycles. The SMILES string of the molecule is O.O=C([O-])[O-].[Co].[NH4+]. The first-order valence-corrected chi connectivity index (χ1v) is 0.612. The van der Waals surface area contributed by atoms with Gasteiger partial charge in [-0.2, -0.15) is 0 Å². The average molecular weight is 155 g/mol. The first kappa shape index (κ1) is 29.9. The molecule has 0 atom stereocenters. The normalized spacial score (nSPS) is 3.43. The van der Waals surface area contributed by atoms with Crippen molar-refractivity contribution in [2.45, 2.75) is 0 Å². The summed E-state index contributed by atoms with van der Waals surface area (Å²) in [6.07, 6.45) is -2.33. The van der Waals surface area contributed by atoms with E-state index in [0.717, 1.165) is 0 Å². The maximum Gasteiger partial charge on any atom is 0 e. The fourth-order valence-electron chi connectivity index (χ4n) is 0. The fraction of sp³-hybridized carbons (Fsp3) is 0. The van der Waals surface area contributed by atoms with Crippen LogP contribution in [-0.2, 0) is 16.8 Å². The van der Waals surface area contributed by atoms with Crippen molar-refractivity contribution in [1.29, 1.82) is 0 Å². The summed E-state index contributed by atoms with van der Waals surface area (Å²) in [6, 6.07) is 0. The van der Waals surface area contributed by atoms with Gasteiger partial charge >= 0.3 is 0 Å². The van der Waals surface area contributed by atoms with Gasteiger partial charge in [0.15, 0.2) is 0 Å². The molecule has 0 saturated heterocycles. The second-order valence-electron chi connectivity index (χ2n) is 0.250. The van der Waals surface area contributed by atoms with Crippen LogP contribution in [0.3, 0.4) is 0 Å². The van der Waals surface area contributed by atoms with E-state index in [1.54, 1.807) is 0 Å². The van der Waals surface area contributed by atoms with Gasteiger partial charge in [-0.1, -0.05) is 0 Å². The molecule has 6 heteroatoms. The Morgan fingerprint density at radius 1 is 1.29 bits per heavy atom. The first-order valence-electron chi connectivity index (χ1n) is 0.612. The molecule has 49 valence electrons. The van der Waals surface area contributed by atoms with Crippen LogP contribution in [0.15, 0.2) is 0 Å². The fourth-order valence-corrected chi connectivity index (χ4v) is 0. The van der Waals surface area contributed by atoms with Gasteiger partial charge in [0.25, 0.3) is 0 Å². The van der Waals surface area contributed by atoms with E-state index in [0.29, 0.717) is 0 Å². The van der Waals surface area contributed by atoms with Crippen molar-refractivity contribution in [1.82, 2.24) is 6.15 Å². The van der Waals surface area contributed by atoms with Gasteiger partial charge in [0.2, 0.25) is 0 Å². The predicted octanol–water partition coefficient (Wildman–Crippen LogP) is -2.90. The van der Waals surface area contributed by atoms with Gasteiger partial charge in [0.05, 0.1) is 0 Å². The number of hydrogen-bond donors (Lipinski definition) is 1. The average Bonchev–Trinajstić information content (AvgIpc) is 0.811. The summed E-state index contributed by atoms with van der Waals surface area (Å²) in [6.45, 7) is 0. The molecule has 0 amide bonds. The van der Waals surface area contributed by atoms with Gasteiger partial charge in [0, 0.05) is 16.8 Å². The number of quaternary nitrogens is 1. The van der Waals surface area contributed by atoms with Gasteiger partial charge in [0.1, 0.15) is 0 Å². The van der Waals surface area contributed by atoms with E-state index in [4.69, 9.17) is 15.0 Å². The van der Waals surface area contributed by atoms with E-state index in [-0.39, 0.29) is 28.4 Å². The van der Waals surface area contributed by atoms with Crippen molar-refractivity contribution >= 4 is 6.16 Å². The van der Waals surface area contributed by atoms with E-state index < -0.39 is 6.16 Å². The summed E-state index contributed by atoms with van der Waals surface area (Å²) in [4.78, 5) is 8.33. The van der Waals surface area contributed by atoms with Crippen LogP contribution in [-0.4, -0.2) is 11.6 Å². The Hall–Kier alpha value is -0.304. The zero-order chi connectivity index (χ0) is 3.58. The van der Waals surface area contributed by atoms with Crippen LogP contribution in [0.5, 0.6) is 0 Å². The smallest absolute Gasteiger partial charge is 0 e. The number of carbonyl (C=O) groups is 1. The summed E-state index contributed by atoms with van der Waals surface area (Å²) < 4.78 is 0. The van der Waals surface area contributed by atoms with Crippen LogP contribution >= 0.6 is 0 Å². The van der Waals surface area contributed by atoms with E-state index in [2.05, 4.69) is 0 Å². The van der Waals surface area contributed by atoms with E-state index in [9.17, 15) is 0 Å². The van der Waals surface area contributed by atoms with E-state index in [1.807, 2.05) is 0 Å². The van der Waals surface area contributed by atoms with E-state index in [1.165, 1.54) is 0 Å². The molecule has 0 spiro atoms. The quantitative estimate of drug-likeness (QED) is 0.402. The molecule has 0 rings (SSSR count). The molecule has 7 heavy (non-hydrogen) atoms. The van der Waals surface area contributed by atoms with Gasteiger partial charge in [-0.25, -0.2) is 0 Å². The number of carbonyl (C=O) groups excluding carboxylic acids is 1. The molecular formula is CH6CoNO4-. The molecule has 0 unspecified atom stereocenters. The summed E-state index contributed by atoms with van der Waals surface area (Å²) in [7, 11) is 0. The standard InChI is InChI=1S/CH2O3.Co.H3N.H2O/c2-1(3)4;;;/h(H2,2,3,4);;1H3;1H2/p-1. The minimum atomic E-state index is -2.33. The molecule has 0 aromatic rings. The van der Waals surface area contributed by atoms with Crippen LogP contribution < -0.4 is 16.4 Å².